The Morgan fingerprint density at radius 2 is 1.54 bits per heavy atom. The van der Waals surface area contributed by atoms with Gasteiger partial charge in [0.25, 0.3) is 5.56 Å². The van der Waals surface area contributed by atoms with Crippen molar-refractivity contribution in [1.29, 1.82) is 0 Å². The van der Waals surface area contributed by atoms with Crippen LogP contribution in [0.15, 0.2) is 122 Å². The molecule has 0 aliphatic carbocycles. The number of benzene rings is 4. The van der Waals surface area contributed by atoms with Crippen LogP contribution in [0.4, 0.5) is 11.4 Å². The quantitative estimate of drug-likeness (QED) is 0.226. The van der Waals surface area contributed by atoms with Crippen molar-refractivity contribution in [2.75, 3.05) is 0 Å². The fraction of sp³-hybridized carbons (Fsp3) is 0.0333. The number of H-pyrrole nitrogens is 1. The SMILES string of the molecule is Cc1[nH]n(-c2ccccc2)c(=O)c1C(=Nc1ccccc1N=Cc1cc(Br)ccc1O)c1ccccc1. The van der Waals surface area contributed by atoms with Crippen LogP contribution in [0.2, 0.25) is 0 Å². The molecule has 0 aliphatic heterocycles. The van der Waals surface area contributed by atoms with Crippen LogP contribution in [-0.2, 0) is 0 Å². The van der Waals surface area contributed by atoms with Crippen LogP contribution >= 0.6 is 15.9 Å². The number of aromatic nitrogens is 2. The molecule has 0 saturated carbocycles. The van der Waals surface area contributed by atoms with Crippen molar-refractivity contribution in [3.8, 4) is 11.4 Å². The van der Waals surface area contributed by atoms with Crippen molar-refractivity contribution in [2.45, 2.75) is 6.92 Å². The summed E-state index contributed by atoms with van der Waals surface area (Å²) in [5.41, 5.74) is 4.87. The number of nitrogens with zero attached hydrogens (tertiary/aromatic N) is 3. The molecule has 0 aliphatic rings. The van der Waals surface area contributed by atoms with Crippen LogP contribution < -0.4 is 5.56 Å². The van der Waals surface area contributed by atoms with Gasteiger partial charge in [0.15, 0.2) is 0 Å². The predicted molar refractivity (Wildman–Crippen MR) is 152 cm³/mol. The van der Waals surface area contributed by atoms with Gasteiger partial charge in [-0.25, -0.2) is 9.67 Å². The maximum absolute atomic E-state index is 13.6. The van der Waals surface area contributed by atoms with Crippen molar-refractivity contribution in [1.82, 2.24) is 9.78 Å². The van der Waals surface area contributed by atoms with Gasteiger partial charge in [0.1, 0.15) is 5.75 Å². The van der Waals surface area contributed by atoms with Gasteiger partial charge in [0.05, 0.1) is 28.3 Å². The third-order valence-corrected chi connectivity index (χ3v) is 6.31. The van der Waals surface area contributed by atoms with Crippen molar-refractivity contribution >= 4 is 39.2 Å². The number of aromatic hydroxyl groups is 1. The molecule has 0 saturated heterocycles. The lowest BCUT2D eigenvalue weighted by atomic mass is 10.0. The summed E-state index contributed by atoms with van der Waals surface area (Å²) in [6, 6.07) is 31.7. The summed E-state index contributed by atoms with van der Waals surface area (Å²) in [6.45, 7) is 1.87. The molecule has 7 heteroatoms. The average molecular weight is 551 g/mol. The molecule has 0 radical (unpaired) electrons. The van der Waals surface area contributed by atoms with E-state index in [9.17, 15) is 9.90 Å². The molecule has 0 fully saturated rings. The topological polar surface area (TPSA) is 82.7 Å². The van der Waals surface area contributed by atoms with E-state index in [1.807, 2.05) is 91.9 Å². The van der Waals surface area contributed by atoms with Crippen molar-refractivity contribution < 1.29 is 5.11 Å². The minimum atomic E-state index is -0.189. The van der Waals surface area contributed by atoms with E-state index in [2.05, 4.69) is 26.0 Å². The Morgan fingerprint density at radius 1 is 0.892 bits per heavy atom. The lowest BCUT2D eigenvalue weighted by Crippen LogP contribution is -2.21. The van der Waals surface area contributed by atoms with Crippen LogP contribution in [0.1, 0.15) is 22.4 Å². The molecule has 0 atom stereocenters. The van der Waals surface area contributed by atoms with Gasteiger partial charge in [-0.2, -0.15) is 0 Å². The third-order valence-electron chi connectivity index (χ3n) is 5.82. The van der Waals surface area contributed by atoms with Crippen LogP contribution in [0.25, 0.3) is 5.69 Å². The second kappa shape index (κ2) is 10.6. The number of hydrogen-bond donors (Lipinski definition) is 2. The third kappa shape index (κ3) is 5.22. The van der Waals surface area contributed by atoms with E-state index in [-0.39, 0.29) is 11.3 Å². The van der Waals surface area contributed by atoms with E-state index in [0.29, 0.717) is 33.9 Å². The van der Waals surface area contributed by atoms with Crippen molar-refractivity contribution in [3.63, 3.8) is 0 Å². The van der Waals surface area contributed by atoms with Crippen LogP contribution in [0.5, 0.6) is 5.75 Å². The molecule has 5 rings (SSSR count). The van der Waals surface area contributed by atoms with Crippen LogP contribution in [0, 0.1) is 6.92 Å². The number of aromatic amines is 1. The fourth-order valence-electron chi connectivity index (χ4n) is 4.00. The number of halogens is 1. The maximum atomic E-state index is 13.6. The molecule has 6 nitrogen and oxygen atoms in total. The standard InChI is InChI=1S/C30H23BrN4O2/c1-20-28(30(37)35(34-20)24-12-6-3-7-13-24)29(21-10-4-2-5-11-21)33-26-15-9-8-14-25(26)32-19-22-18-23(31)16-17-27(22)36/h2-19,34,36H,1H3. The monoisotopic (exact) mass is 550 g/mol. The zero-order valence-electron chi connectivity index (χ0n) is 20.0. The zero-order chi connectivity index (χ0) is 25.8. The van der Waals surface area contributed by atoms with E-state index >= 15 is 0 Å². The Balaban J connectivity index is 1.66. The lowest BCUT2D eigenvalue weighted by molar-refractivity contribution is 0.474. The largest absolute Gasteiger partial charge is 0.507 e. The number of aliphatic imine (C=N–C) groups is 2. The number of hydrogen-bond acceptors (Lipinski definition) is 4. The van der Waals surface area contributed by atoms with Gasteiger partial charge in [-0.15, -0.1) is 0 Å². The maximum Gasteiger partial charge on any atom is 0.280 e. The molecular formula is C30H23BrN4O2. The highest BCUT2D eigenvalue weighted by molar-refractivity contribution is 9.10. The first kappa shape index (κ1) is 24.2. The number of phenols is 1. The highest BCUT2D eigenvalue weighted by Crippen LogP contribution is 2.30. The summed E-state index contributed by atoms with van der Waals surface area (Å²) in [6.07, 6.45) is 1.60. The normalized spacial score (nSPS) is 11.8. The number of para-hydroxylation sites is 3. The van der Waals surface area contributed by atoms with Gasteiger partial charge in [-0.1, -0.05) is 76.6 Å². The zero-order valence-corrected chi connectivity index (χ0v) is 21.6. The molecule has 37 heavy (non-hydrogen) atoms. The average Bonchev–Trinajstić information content (AvgIpc) is 3.22. The summed E-state index contributed by atoms with van der Waals surface area (Å²) < 4.78 is 2.37. The van der Waals surface area contributed by atoms with Gasteiger partial charge in [-0.05, 0) is 49.4 Å². The Kier molecular flexibility index (Phi) is 6.96. The summed E-state index contributed by atoms with van der Waals surface area (Å²) in [5, 5.41) is 13.4. The van der Waals surface area contributed by atoms with Gasteiger partial charge < -0.3 is 5.11 Å². The van der Waals surface area contributed by atoms with Gasteiger partial charge in [0, 0.05) is 27.5 Å². The Bertz CT molecular complexity index is 1670. The molecule has 1 heterocycles. The molecule has 5 aromatic rings. The number of rotatable bonds is 6. The van der Waals surface area contributed by atoms with E-state index in [1.54, 1.807) is 24.4 Å². The number of aryl methyl sites for hydroxylation is 1. The Hall–Kier alpha value is -4.49. The molecule has 2 N–H and O–H groups in total. The molecule has 0 amide bonds. The first-order chi connectivity index (χ1) is 18.0. The lowest BCUT2D eigenvalue weighted by Gasteiger charge is -2.08. The fourth-order valence-corrected chi connectivity index (χ4v) is 4.38. The molecule has 0 spiro atoms. The first-order valence-corrected chi connectivity index (χ1v) is 12.4. The molecule has 1 aromatic heterocycles. The minimum absolute atomic E-state index is 0.127. The number of phenolic OH excluding ortho intramolecular Hbond substituents is 1. The Labute approximate surface area is 222 Å². The van der Waals surface area contributed by atoms with Crippen molar-refractivity contribution in [3.05, 3.63) is 140 Å². The first-order valence-electron chi connectivity index (χ1n) is 11.6. The second-order valence-corrected chi connectivity index (χ2v) is 9.28. The smallest absolute Gasteiger partial charge is 0.280 e. The van der Waals surface area contributed by atoms with E-state index in [0.717, 1.165) is 15.7 Å². The minimum Gasteiger partial charge on any atom is -0.507 e. The molecule has 182 valence electrons. The van der Waals surface area contributed by atoms with E-state index in [1.165, 1.54) is 4.68 Å². The molecule has 0 unspecified atom stereocenters. The van der Waals surface area contributed by atoms with Crippen LogP contribution in [-0.4, -0.2) is 26.8 Å². The highest BCUT2D eigenvalue weighted by Gasteiger charge is 2.20. The second-order valence-electron chi connectivity index (χ2n) is 8.36. The van der Waals surface area contributed by atoms with E-state index < -0.39 is 0 Å². The summed E-state index contributed by atoms with van der Waals surface area (Å²) in [5.74, 6) is 0.127. The van der Waals surface area contributed by atoms with Gasteiger partial charge in [0.2, 0.25) is 0 Å². The van der Waals surface area contributed by atoms with Gasteiger partial charge >= 0.3 is 0 Å². The van der Waals surface area contributed by atoms with Crippen LogP contribution in [0.3, 0.4) is 0 Å². The number of nitrogens with one attached hydrogen (secondary N) is 1. The Morgan fingerprint density at radius 3 is 2.27 bits per heavy atom. The molecular weight excluding hydrogens is 528 g/mol. The molecule has 0 bridgehead atoms. The molecule has 4 aromatic carbocycles. The van der Waals surface area contributed by atoms with Gasteiger partial charge in [-0.3, -0.25) is 14.9 Å². The summed E-state index contributed by atoms with van der Waals surface area (Å²) in [4.78, 5) is 23.2. The summed E-state index contributed by atoms with van der Waals surface area (Å²) in [7, 11) is 0. The van der Waals surface area contributed by atoms with E-state index in [4.69, 9.17) is 4.99 Å². The highest BCUT2D eigenvalue weighted by atomic mass is 79.9. The summed E-state index contributed by atoms with van der Waals surface area (Å²) >= 11 is 3.42. The van der Waals surface area contributed by atoms with Crippen molar-refractivity contribution in [2.24, 2.45) is 9.98 Å². The predicted octanol–water partition coefficient (Wildman–Crippen LogP) is 6.86.